The molecule has 1 unspecified atom stereocenters. The molecule has 1 aliphatic rings. The number of benzene rings is 1. The van der Waals surface area contributed by atoms with Crippen molar-refractivity contribution in [2.75, 3.05) is 17.2 Å². The van der Waals surface area contributed by atoms with E-state index in [2.05, 4.69) is 21.0 Å². The van der Waals surface area contributed by atoms with Gasteiger partial charge in [-0.3, -0.25) is 0 Å². The van der Waals surface area contributed by atoms with Crippen LogP contribution in [0.3, 0.4) is 0 Å². The molecule has 0 aliphatic carbocycles. The van der Waals surface area contributed by atoms with Crippen LogP contribution in [0.1, 0.15) is 12.5 Å². The van der Waals surface area contributed by atoms with Crippen LogP contribution in [-0.2, 0) is 9.84 Å². The Hall–Kier alpha value is -1.41. The summed E-state index contributed by atoms with van der Waals surface area (Å²) in [4.78, 5) is 0. The lowest BCUT2D eigenvalue weighted by Crippen LogP contribution is -2.14. The van der Waals surface area contributed by atoms with Gasteiger partial charge >= 0.3 is 0 Å². The molecule has 112 valence electrons. The molecule has 1 saturated heterocycles. The summed E-state index contributed by atoms with van der Waals surface area (Å²) in [5.41, 5.74) is 7.24. The van der Waals surface area contributed by atoms with E-state index >= 15 is 0 Å². The SMILES string of the molecule is Nc1cc(-c2ccc(F)cc2Br)nn1C1CCS(=O)(=O)C1. The van der Waals surface area contributed by atoms with Crippen molar-refractivity contribution >= 4 is 31.6 Å². The summed E-state index contributed by atoms with van der Waals surface area (Å²) in [6.07, 6.45) is 0.512. The maximum atomic E-state index is 13.1. The lowest BCUT2D eigenvalue weighted by atomic mass is 10.1. The molecule has 0 amide bonds. The largest absolute Gasteiger partial charge is 0.384 e. The summed E-state index contributed by atoms with van der Waals surface area (Å²) < 4.78 is 38.4. The molecule has 1 aromatic carbocycles. The number of halogens is 2. The number of nitrogens with zero attached hydrogens (tertiary/aromatic N) is 2. The zero-order valence-electron chi connectivity index (χ0n) is 11.0. The highest BCUT2D eigenvalue weighted by atomic mass is 79.9. The maximum Gasteiger partial charge on any atom is 0.152 e. The van der Waals surface area contributed by atoms with Crippen LogP contribution in [-0.4, -0.2) is 29.7 Å². The summed E-state index contributed by atoms with van der Waals surface area (Å²) in [7, 11) is -3.00. The molecular weight excluding hydrogens is 361 g/mol. The molecule has 1 aliphatic heterocycles. The third-order valence-electron chi connectivity index (χ3n) is 3.53. The van der Waals surface area contributed by atoms with Crippen molar-refractivity contribution in [1.29, 1.82) is 0 Å². The average molecular weight is 374 g/mol. The smallest absolute Gasteiger partial charge is 0.152 e. The summed E-state index contributed by atoms with van der Waals surface area (Å²) >= 11 is 3.29. The average Bonchev–Trinajstić information content (AvgIpc) is 2.92. The van der Waals surface area contributed by atoms with E-state index in [0.29, 0.717) is 28.0 Å². The molecule has 21 heavy (non-hydrogen) atoms. The fourth-order valence-electron chi connectivity index (χ4n) is 2.50. The second kappa shape index (κ2) is 5.10. The van der Waals surface area contributed by atoms with Gasteiger partial charge in [0.15, 0.2) is 9.84 Å². The van der Waals surface area contributed by atoms with Gasteiger partial charge < -0.3 is 5.73 Å². The number of rotatable bonds is 2. The van der Waals surface area contributed by atoms with Crippen LogP contribution in [0.4, 0.5) is 10.2 Å². The minimum Gasteiger partial charge on any atom is -0.384 e. The molecule has 2 N–H and O–H groups in total. The molecule has 2 aromatic rings. The third kappa shape index (κ3) is 2.82. The lowest BCUT2D eigenvalue weighted by molar-refractivity contribution is 0.508. The Kier molecular flexibility index (Phi) is 3.53. The van der Waals surface area contributed by atoms with Crippen LogP contribution < -0.4 is 5.73 Å². The van der Waals surface area contributed by atoms with Gasteiger partial charge in [0.25, 0.3) is 0 Å². The van der Waals surface area contributed by atoms with Gasteiger partial charge in [-0.2, -0.15) is 5.10 Å². The normalized spacial score (nSPS) is 20.8. The third-order valence-corrected chi connectivity index (χ3v) is 5.93. The van der Waals surface area contributed by atoms with Crippen molar-refractivity contribution in [1.82, 2.24) is 9.78 Å². The molecule has 2 heterocycles. The van der Waals surface area contributed by atoms with E-state index in [-0.39, 0.29) is 23.4 Å². The lowest BCUT2D eigenvalue weighted by Gasteiger charge is -2.10. The Bertz CT molecular complexity index is 804. The summed E-state index contributed by atoms with van der Waals surface area (Å²) in [6, 6.07) is 5.74. The quantitative estimate of drug-likeness (QED) is 0.876. The Labute approximate surface area is 130 Å². The van der Waals surface area contributed by atoms with Gasteiger partial charge in [0, 0.05) is 16.1 Å². The van der Waals surface area contributed by atoms with E-state index < -0.39 is 9.84 Å². The highest BCUT2D eigenvalue weighted by Gasteiger charge is 2.31. The van der Waals surface area contributed by atoms with Crippen LogP contribution >= 0.6 is 15.9 Å². The van der Waals surface area contributed by atoms with Crippen molar-refractivity contribution in [3.8, 4) is 11.3 Å². The Balaban J connectivity index is 1.98. The molecule has 3 rings (SSSR count). The molecule has 1 atom stereocenters. The molecule has 0 spiro atoms. The minimum absolute atomic E-state index is 0.0584. The highest BCUT2D eigenvalue weighted by Crippen LogP contribution is 2.32. The Morgan fingerprint density at radius 3 is 2.76 bits per heavy atom. The molecule has 1 aromatic heterocycles. The Morgan fingerprint density at radius 1 is 1.38 bits per heavy atom. The van der Waals surface area contributed by atoms with Crippen LogP contribution in [0.25, 0.3) is 11.3 Å². The molecule has 1 fully saturated rings. The van der Waals surface area contributed by atoms with E-state index in [1.54, 1.807) is 16.8 Å². The van der Waals surface area contributed by atoms with Crippen LogP contribution in [0.2, 0.25) is 0 Å². The standard InChI is InChI=1S/C13H13BrFN3O2S/c14-11-5-8(15)1-2-10(11)12-6-13(16)18(17-12)9-3-4-21(19,20)7-9/h1-2,5-6,9H,3-4,7,16H2. The summed E-state index contributed by atoms with van der Waals surface area (Å²) in [6.45, 7) is 0. The number of aromatic nitrogens is 2. The first-order valence-electron chi connectivity index (χ1n) is 6.36. The van der Waals surface area contributed by atoms with Crippen molar-refractivity contribution in [3.05, 3.63) is 34.6 Å². The molecule has 0 radical (unpaired) electrons. The maximum absolute atomic E-state index is 13.1. The van der Waals surface area contributed by atoms with Crippen LogP contribution in [0.5, 0.6) is 0 Å². The molecule has 8 heteroatoms. The molecule has 0 bridgehead atoms. The summed E-state index contributed by atoms with van der Waals surface area (Å²) in [5.74, 6) is 0.276. The van der Waals surface area contributed by atoms with E-state index in [0.717, 1.165) is 0 Å². The van der Waals surface area contributed by atoms with Gasteiger partial charge in [-0.15, -0.1) is 0 Å². The second-order valence-corrected chi connectivity index (χ2v) is 8.16. The fraction of sp³-hybridized carbons (Fsp3) is 0.308. The zero-order chi connectivity index (χ0) is 15.2. The number of hydrogen-bond acceptors (Lipinski definition) is 4. The van der Waals surface area contributed by atoms with Gasteiger partial charge in [-0.05, 0) is 40.5 Å². The van der Waals surface area contributed by atoms with Crippen molar-refractivity contribution < 1.29 is 12.8 Å². The number of nitrogens with two attached hydrogens (primary N) is 1. The van der Waals surface area contributed by atoms with Gasteiger partial charge in [0.05, 0.1) is 23.2 Å². The Morgan fingerprint density at radius 2 is 2.14 bits per heavy atom. The van der Waals surface area contributed by atoms with Crippen molar-refractivity contribution in [3.63, 3.8) is 0 Å². The number of sulfone groups is 1. The van der Waals surface area contributed by atoms with E-state index in [1.807, 2.05) is 0 Å². The van der Waals surface area contributed by atoms with E-state index in [1.165, 1.54) is 12.1 Å². The van der Waals surface area contributed by atoms with Crippen molar-refractivity contribution in [2.24, 2.45) is 0 Å². The zero-order valence-corrected chi connectivity index (χ0v) is 13.4. The molecule has 5 nitrogen and oxygen atoms in total. The first-order chi connectivity index (χ1) is 9.85. The molecular formula is C13H13BrFN3O2S. The van der Waals surface area contributed by atoms with Gasteiger partial charge in [0.2, 0.25) is 0 Å². The van der Waals surface area contributed by atoms with Crippen molar-refractivity contribution in [2.45, 2.75) is 12.5 Å². The number of hydrogen-bond donors (Lipinski definition) is 1. The number of nitrogen functional groups attached to an aromatic ring is 1. The summed E-state index contributed by atoms with van der Waals surface area (Å²) in [5, 5.41) is 4.39. The van der Waals surface area contributed by atoms with Gasteiger partial charge in [-0.25, -0.2) is 17.5 Å². The number of anilines is 1. The fourth-order valence-corrected chi connectivity index (χ4v) is 4.74. The van der Waals surface area contributed by atoms with E-state index in [4.69, 9.17) is 5.73 Å². The van der Waals surface area contributed by atoms with Gasteiger partial charge in [0.1, 0.15) is 11.6 Å². The highest BCUT2D eigenvalue weighted by molar-refractivity contribution is 9.10. The van der Waals surface area contributed by atoms with Crippen LogP contribution in [0, 0.1) is 5.82 Å². The minimum atomic E-state index is -3.00. The van der Waals surface area contributed by atoms with Gasteiger partial charge in [-0.1, -0.05) is 0 Å². The predicted octanol–water partition coefficient (Wildman–Crippen LogP) is 2.39. The second-order valence-electron chi connectivity index (χ2n) is 5.08. The first-order valence-corrected chi connectivity index (χ1v) is 8.98. The monoisotopic (exact) mass is 373 g/mol. The molecule has 0 saturated carbocycles. The predicted molar refractivity (Wildman–Crippen MR) is 82.0 cm³/mol. The van der Waals surface area contributed by atoms with Crippen LogP contribution in [0.15, 0.2) is 28.7 Å². The topological polar surface area (TPSA) is 78.0 Å². The first kappa shape index (κ1) is 14.5. The van der Waals surface area contributed by atoms with E-state index in [9.17, 15) is 12.8 Å².